The molecule has 2 amide bonds. The van der Waals surface area contributed by atoms with Crippen molar-refractivity contribution in [1.82, 2.24) is 4.90 Å². The normalized spacial score (nSPS) is 18.6. The van der Waals surface area contributed by atoms with E-state index in [4.69, 9.17) is 4.74 Å². The van der Waals surface area contributed by atoms with Gasteiger partial charge in [0.05, 0.1) is 13.0 Å². The van der Waals surface area contributed by atoms with Crippen molar-refractivity contribution >= 4 is 17.5 Å². The van der Waals surface area contributed by atoms with Crippen LogP contribution in [0.5, 0.6) is 5.75 Å². The van der Waals surface area contributed by atoms with Crippen LogP contribution in [0.3, 0.4) is 0 Å². The minimum atomic E-state index is -0.460. The Labute approximate surface area is 140 Å². The van der Waals surface area contributed by atoms with Crippen molar-refractivity contribution in [3.05, 3.63) is 59.2 Å². The molecule has 122 valence electrons. The van der Waals surface area contributed by atoms with Gasteiger partial charge in [-0.2, -0.15) is 0 Å². The molecule has 2 aliphatic rings. The summed E-state index contributed by atoms with van der Waals surface area (Å²) >= 11 is 0. The number of nitrogens with zero attached hydrogens (tertiary/aromatic N) is 1. The van der Waals surface area contributed by atoms with Gasteiger partial charge in [0.15, 0.2) is 0 Å². The molecule has 0 aromatic heterocycles. The van der Waals surface area contributed by atoms with E-state index >= 15 is 0 Å². The lowest BCUT2D eigenvalue weighted by molar-refractivity contribution is -0.135. The highest BCUT2D eigenvalue weighted by molar-refractivity contribution is 6.01. The largest absolute Gasteiger partial charge is 0.497 e. The van der Waals surface area contributed by atoms with Crippen molar-refractivity contribution < 1.29 is 14.3 Å². The Morgan fingerprint density at radius 2 is 1.88 bits per heavy atom. The zero-order valence-electron chi connectivity index (χ0n) is 13.4. The van der Waals surface area contributed by atoms with E-state index in [1.54, 1.807) is 19.2 Å². The van der Waals surface area contributed by atoms with Crippen LogP contribution in [0.2, 0.25) is 0 Å². The molecule has 0 bridgehead atoms. The number of nitrogens with one attached hydrogen (secondary N) is 1. The Bertz CT molecular complexity index is 806. The number of carbonyl (C=O) groups is 2. The van der Waals surface area contributed by atoms with Crippen molar-refractivity contribution in [2.45, 2.75) is 25.4 Å². The number of hydrogen-bond acceptors (Lipinski definition) is 3. The summed E-state index contributed by atoms with van der Waals surface area (Å²) in [6.45, 7) is 1.21. The summed E-state index contributed by atoms with van der Waals surface area (Å²) in [5.74, 6) is 0.101. The second-order valence-corrected chi connectivity index (χ2v) is 6.22. The van der Waals surface area contributed by atoms with E-state index in [1.165, 1.54) is 11.1 Å². The van der Waals surface area contributed by atoms with Crippen molar-refractivity contribution in [3.63, 3.8) is 0 Å². The quantitative estimate of drug-likeness (QED) is 0.925. The number of rotatable bonds is 2. The third-order valence-electron chi connectivity index (χ3n) is 4.75. The molecule has 1 atom stereocenters. The minimum absolute atomic E-state index is 0.00412. The number of hydrogen-bond donors (Lipinski definition) is 1. The number of ether oxygens (including phenoxy) is 1. The minimum Gasteiger partial charge on any atom is -0.497 e. The van der Waals surface area contributed by atoms with E-state index in [9.17, 15) is 9.59 Å². The predicted molar refractivity (Wildman–Crippen MR) is 89.7 cm³/mol. The van der Waals surface area contributed by atoms with Crippen molar-refractivity contribution in [2.24, 2.45) is 0 Å². The molecule has 0 aliphatic carbocycles. The summed E-state index contributed by atoms with van der Waals surface area (Å²) in [5.41, 5.74) is 3.88. The third-order valence-corrected chi connectivity index (χ3v) is 4.75. The van der Waals surface area contributed by atoms with E-state index in [-0.39, 0.29) is 18.2 Å². The van der Waals surface area contributed by atoms with Gasteiger partial charge in [-0.1, -0.05) is 24.3 Å². The van der Waals surface area contributed by atoms with Crippen LogP contribution < -0.4 is 10.1 Å². The molecule has 1 N–H and O–H groups in total. The maximum absolute atomic E-state index is 13.1. The fourth-order valence-corrected chi connectivity index (χ4v) is 3.50. The summed E-state index contributed by atoms with van der Waals surface area (Å²) in [6, 6.07) is 13.5. The van der Waals surface area contributed by atoms with Crippen molar-refractivity contribution in [3.8, 4) is 5.75 Å². The van der Waals surface area contributed by atoms with Crippen LogP contribution in [-0.2, 0) is 22.7 Å². The maximum Gasteiger partial charge on any atom is 0.231 e. The van der Waals surface area contributed by atoms with Crippen LogP contribution >= 0.6 is 0 Å². The molecule has 2 aromatic carbocycles. The summed E-state index contributed by atoms with van der Waals surface area (Å²) in [5, 5.41) is 2.84. The lowest BCUT2D eigenvalue weighted by Gasteiger charge is -2.28. The fourth-order valence-electron chi connectivity index (χ4n) is 3.50. The first-order chi connectivity index (χ1) is 11.7. The van der Waals surface area contributed by atoms with E-state index in [2.05, 4.69) is 5.32 Å². The molecule has 5 nitrogen and oxygen atoms in total. The van der Waals surface area contributed by atoms with Gasteiger partial charge in [0.1, 0.15) is 5.75 Å². The molecule has 2 aliphatic heterocycles. The molecular formula is C19H18N2O3. The molecule has 5 heteroatoms. The highest BCUT2D eigenvalue weighted by Gasteiger charge is 2.35. The van der Waals surface area contributed by atoms with Crippen molar-refractivity contribution in [2.75, 3.05) is 12.4 Å². The SMILES string of the molecule is COc1ccc2c(c1)[C@@H](C(=O)N1Cc3ccccc3C1)CC(=O)N2. The summed E-state index contributed by atoms with van der Waals surface area (Å²) in [7, 11) is 1.59. The Kier molecular flexibility index (Phi) is 3.49. The Morgan fingerprint density at radius 1 is 1.17 bits per heavy atom. The van der Waals surface area contributed by atoms with Gasteiger partial charge >= 0.3 is 0 Å². The first-order valence-electron chi connectivity index (χ1n) is 7.99. The summed E-state index contributed by atoms with van der Waals surface area (Å²) in [4.78, 5) is 26.9. The molecule has 0 radical (unpaired) electrons. The number of carbonyl (C=O) groups excluding carboxylic acids is 2. The van der Waals surface area contributed by atoms with Gasteiger partial charge in [-0.05, 0) is 34.9 Å². The van der Waals surface area contributed by atoms with Gasteiger partial charge in [0, 0.05) is 25.2 Å². The second-order valence-electron chi connectivity index (χ2n) is 6.22. The topological polar surface area (TPSA) is 58.6 Å². The first-order valence-corrected chi connectivity index (χ1v) is 7.99. The highest BCUT2D eigenvalue weighted by Crippen LogP contribution is 2.37. The van der Waals surface area contributed by atoms with E-state index in [0.29, 0.717) is 24.5 Å². The Morgan fingerprint density at radius 3 is 2.54 bits per heavy atom. The van der Waals surface area contributed by atoms with Gasteiger partial charge in [-0.15, -0.1) is 0 Å². The zero-order chi connectivity index (χ0) is 16.7. The van der Waals surface area contributed by atoms with Crippen LogP contribution in [0.1, 0.15) is 29.0 Å². The average Bonchev–Trinajstić information content (AvgIpc) is 3.04. The van der Waals surface area contributed by atoms with E-state index < -0.39 is 5.92 Å². The lowest BCUT2D eigenvalue weighted by Crippen LogP contribution is -2.35. The van der Waals surface area contributed by atoms with Crippen LogP contribution in [0.15, 0.2) is 42.5 Å². The van der Waals surface area contributed by atoms with Crippen LogP contribution in [0, 0.1) is 0 Å². The molecule has 0 saturated carbocycles. The Hall–Kier alpha value is -2.82. The number of benzene rings is 2. The van der Waals surface area contributed by atoms with Gasteiger partial charge < -0.3 is 15.0 Å². The molecule has 0 unspecified atom stereocenters. The molecule has 24 heavy (non-hydrogen) atoms. The van der Waals surface area contributed by atoms with Gasteiger partial charge in [-0.25, -0.2) is 0 Å². The molecule has 2 heterocycles. The monoisotopic (exact) mass is 322 g/mol. The predicted octanol–water partition coefficient (Wildman–Crippen LogP) is 2.66. The molecule has 0 fully saturated rings. The summed E-state index contributed by atoms with van der Waals surface area (Å²) in [6.07, 6.45) is 0.172. The van der Waals surface area contributed by atoms with Crippen molar-refractivity contribution in [1.29, 1.82) is 0 Å². The number of fused-ring (bicyclic) bond motifs is 2. The lowest BCUT2D eigenvalue weighted by atomic mass is 9.89. The van der Waals surface area contributed by atoms with Crippen LogP contribution in [-0.4, -0.2) is 23.8 Å². The van der Waals surface area contributed by atoms with Gasteiger partial charge in [0.2, 0.25) is 11.8 Å². The summed E-state index contributed by atoms with van der Waals surface area (Å²) < 4.78 is 5.27. The zero-order valence-corrected chi connectivity index (χ0v) is 13.4. The first kappa shape index (κ1) is 14.8. The molecule has 0 spiro atoms. The molecule has 0 saturated heterocycles. The van der Waals surface area contributed by atoms with Crippen LogP contribution in [0.25, 0.3) is 0 Å². The van der Waals surface area contributed by atoms with Crippen LogP contribution in [0.4, 0.5) is 5.69 Å². The molecule has 4 rings (SSSR count). The fraction of sp³-hybridized carbons (Fsp3) is 0.263. The smallest absolute Gasteiger partial charge is 0.231 e. The number of amides is 2. The van der Waals surface area contributed by atoms with E-state index in [0.717, 1.165) is 5.56 Å². The molecule has 2 aromatic rings. The van der Waals surface area contributed by atoms with Gasteiger partial charge in [0.25, 0.3) is 0 Å². The van der Waals surface area contributed by atoms with Gasteiger partial charge in [-0.3, -0.25) is 9.59 Å². The standard InChI is InChI=1S/C19H18N2O3/c1-24-14-6-7-17-15(8-14)16(9-18(22)20-17)19(23)21-10-12-4-2-3-5-13(12)11-21/h2-8,16H,9-11H2,1H3,(H,20,22)/t16-/m0/s1. The highest BCUT2D eigenvalue weighted by atomic mass is 16.5. The van der Waals surface area contributed by atoms with E-state index in [1.807, 2.05) is 35.2 Å². The number of methoxy groups -OCH3 is 1. The maximum atomic E-state index is 13.1. The number of anilines is 1. The third kappa shape index (κ3) is 2.42. The average molecular weight is 322 g/mol. The molecular weight excluding hydrogens is 304 g/mol. The second kappa shape index (κ2) is 5.67. The Balaban J connectivity index is 1.65.